The lowest BCUT2D eigenvalue weighted by Crippen LogP contribution is -2.53. The van der Waals surface area contributed by atoms with Crippen LogP contribution < -0.4 is 0 Å². The summed E-state index contributed by atoms with van der Waals surface area (Å²) in [5.41, 5.74) is 1.21. The monoisotopic (exact) mass is 304 g/mol. The number of rotatable bonds is 1. The van der Waals surface area contributed by atoms with E-state index in [1.54, 1.807) is 0 Å². The molecule has 0 amide bonds. The van der Waals surface area contributed by atoms with Crippen LogP contribution >= 0.6 is 0 Å². The number of aliphatic hydroxyl groups is 1. The van der Waals surface area contributed by atoms with E-state index in [-0.39, 0.29) is 6.10 Å². The minimum Gasteiger partial charge on any atom is -0.393 e. The summed E-state index contributed by atoms with van der Waals surface area (Å²) < 4.78 is 0. The highest BCUT2D eigenvalue weighted by molar-refractivity contribution is 5.08. The van der Waals surface area contributed by atoms with Gasteiger partial charge in [0.1, 0.15) is 0 Å². The second-order valence-corrected chi connectivity index (χ2v) is 9.81. The maximum atomic E-state index is 10.1. The van der Waals surface area contributed by atoms with Gasteiger partial charge in [-0.2, -0.15) is 0 Å². The lowest BCUT2D eigenvalue weighted by molar-refractivity contribution is -0.126. The second-order valence-electron chi connectivity index (χ2n) is 9.81. The first kappa shape index (κ1) is 15.5. The molecule has 0 heterocycles. The molecule has 4 aliphatic carbocycles. The first-order valence-electron chi connectivity index (χ1n) is 10.2. The zero-order valence-corrected chi connectivity index (χ0v) is 15.0. The van der Waals surface area contributed by atoms with Crippen molar-refractivity contribution in [2.75, 3.05) is 0 Å². The average Bonchev–Trinajstić information content (AvgIpc) is 2.84. The molecule has 1 nitrogen and oxygen atoms in total. The maximum Gasteiger partial charge on any atom is 0.0543 e. The van der Waals surface area contributed by atoms with Gasteiger partial charge in [-0.3, -0.25) is 0 Å². The third-order valence-corrected chi connectivity index (χ3v) is 9.33. The van der Waals surface area contributed by atoms with E-state index in [1.165, 1.54) is 51.4 Å². The smallest absolute Gasteiger partial charge is 0.0543 e. The molecular formula is C21H36O. The SMILES string of the molecule is CCC1CCC2C3CCC4CC(O)CC[C@]4(C)C3CCC12C. The van der Waals surface area contributed by atoms with E-state index < -0.39 is 0 Å². The molecule has 1 N–H and O–H groups in total. The van der Waals surface area contributed by atoms with Crippen molar-refractivity contribution < 1.29 is 5.11 Å². The summed E-state index contributed by atoms with van der Waals surface area (Å²) in [6.45, 7) is 7.68. The first-order chi connectivity index (χ1) is 10.5. The maximum absolute atomic E-state index is 10.1. The van der Waals surface area contributed by atoms with Crippen LogP contribution in [0.3, 0.4) is 0 Å². The summed E-state index contributed by atoms with van der Waals surface area (Å²) >= 11 is 0. The van der Waals surface area contributed by atoms with E-state index >= 15 is 0 Å². The molecule has 8 atom stereocenters. The molecule has 126 valence electrons. The van der Waals surface area contributed by atoms with Crippen molar-refractivity contribution in [2.45, 2.75) is 91.1 Å². The zero-order valence-electron chi connectivity index (χ0n) is 15.0. The fourth-order valence-corrected chi connectivity index (χ4v) is 8.01. The third-order valence-electron chi connectivity index (χ3n) is 9.33. The Morgan fingerprint density at radius 2 is 1.59 bits per heavy atom. The number of hydrogen-bond acceptors (Lipinski definition) is 1. The Kier molecular flexibility index (Phi) is 3.68. The fourth-order valence-electron chi connectivity index (χ4n) is 8.01. The molecule has 4 aliphatic rings. The minimum absolute atomic E-state index is 0.000524. The van der Waals surface area contributed by atoms with Gasteiger partial charge in [0, 0.05) is 0 Å². The lowest BCUT2D eigenvalue weighted by Gasteiger charge is -2.61. The largest absolute Gasteiger partial charge is 0.393 e. The van der Waals surface area contributed by atoms with Gasteiger partial charge in [-0.25, -0.2) is 0 Å². The number of fused-ring (bicyclic) bond motifs is 5. The Bertz CT molecular complexity index is 432. The number of aliphatic hydroxyl groups excluding tert-OH is 1. The van der Waals surface area contributed by atoms with Gasteiger partial charge in [-0.1, -0.05) is 27.2 Å². The molecular weight excluding hydrogens is 268 g/mol. The van der Waals surface area contributed by atoms with Crippen molar-refractivity contribution in [2.24, 2.45) is 40.4 Å². The molecule has 0 aliphatic heterocycles. The highest BCUT2D eigenvalue weighted by Gasteiger charge is 2.59. The fraction of sp³-hybridized carbons (Fsp3) is 1.00. The normalized spacial score (nSPS) is 57.8. The summed E-state index contributed by atoms with van der Waals surface area (Å²) in [4.78, 5) is 0. The highest BCUT2D eigenvalue weighted by Crippen LogP contribution is 2.67. The van der Waals surface area contributed by atoms with Gasteiger partial charge >= 0.3 is 0 Å². The molecule has 0 bridgehead atoms. The first-order valence-corrected chi connectivity index (χ1v) is 10.2. The Hall–Kier alpha value is -0.0400. The average molecular weight is 305 g/mol. The van der Waals surface area contributed by atoms with Crippen molar-refractivity contribution in [3.05, 3.63) is 0 Å². The van der Waals surface area contributed by atoms with Crippen molar-refractivity contribution in [1.82, 2.24) is 0 Å². The third kappa shape index (κ3) is 2.00. The van der Waals surface area contributed by atoms with Crippen LogP contribution in [0.1, 0.15) is 85.0 Å². The molecule has 0 saturated heterocycles. The lowest BCUT2D eigenvalue weighted by atomic mass is 9.44. The predicted molar refractivity (Wildman–Crippen MR) is 91.5 cm³/mol. The van der Waals surface area contributed by atoms with Crippen LogP contribution in [0.5, 0.6) is 0 Å². The van der Waals surface area contributed by atoms with Crippen molar-refractivity contribution >= 4 is 0 Å². The van der Waals surface area contributed by atoms with E-state index in [2.05, 4.69) is 20.8 Å². The molecule has 4 fully saturated rings. The van der Waals surface area contributed by atoms with Crippen LogP contribution in [0.15, 0.2) is 0 Å². The zero-order chi connectivity index (χ0) is 15.5. The van der Waals surface area contributed by atoms with Crippen molar-refractivity contribution in [1.29, 1.82) is 0 Å². The summed E-state index contributed by atoms with van der Waals surface area (Å²) in [7, 11) is 0. The van der Waals surface area contributed by atoms with Gasteiger partial charge in [0.2, 0.25) is 0 Å². The van der Waals surface area contributed by atoms with Crippen molar-refractivity contribution in [3.63, 3.8) is 0 Å². The predicted octanol–water partition coefficient (Wildman–Crippen LogP) is 5.42. The summed E-state index contributed by atoms with van der Waals surface area (Å²) in [6.07, 6.45) is 13.7. The topological polar surface area (TPSA) is 20.2 Å². The Balaban J connectivity index is 1.61. The van der Waals surface area contributed by atoms with Gasteiger partial charge in [-0.15, -0.1) is 0 Å². The van der Waals surface area contributed by atoms with Gasteiger partial charge in [0.25, 0.3) is 0 Å². The summed E-state index contributed by atoms with van der Waals surface area (Å²) in [6, 6.07) is 0. The molecule has 22 heavy (non-hydrogen) atoms. The van der Waals surface area contributed by atoms with E-state index in [0.29, 0.717) is 10.8 Å². The van der Waals surface area contributed by atoms with E-state index in [0.717, 1.165) is 42.4 Å². The molecule has 4 saturated carbocycles. The van der Waals surface area contributed by atoms with Crippen molar-refractivity contribution in [3.8, 4) is 0 Å². The molecule has 0 aromatic carbocycles. The van der Waals surface area contributed by atoms with Gasteiger partial charge in [0.15, 0.2) is 0 Å². The Morgan fingerprint density at radius 3 is 2.36 bits per heavy atom. The van der Waals surface area contributed by atoms with Gasteiger partial charge < -0.3 is 5.11 Å². The molecule has 0 radical (unpaired) electrons. The quantitative estimate of drug-likeness (QED) is 0.686. The van der Waals surface area contributed by atoms with Crippen LogP contribution in [0.25, 0.3) is 0 Å². The molecule has 0 aromatic rings. The molecule has 7 unspecified atom stereocenters. The highest BCUT2D eigenvalue weighted by atomic mass is 16.3. The van der Waals surface area contributed by atoms with E-state index in [1.807, 2.05) is 0 Å². The Morgan fingerprint density at radius 1 is 0.864 bits per heavy atom. The van der Waals surface area contributed by atoms with Crippen LogP contribution in [-0.4, -0.2) is 11.2 Å². The molecule has 4 rings (SSSR count). The molecule has 0 spiro atoms. The van der Waals surface area contributed by atoms with Crippen LogP contribution in [0.2, 0.25) is 0 Å². The molecule has 1 heteroatoms. The Labute approximate surface area is 137 Å². The number of hydrogen-bond donors (Lipinski definition) is 1. The molecule has 0 aromatic heterocycles. The minimum atomic E-state index is -0.000524. The van der Waals surface area contributed by atoms with Crippen LogP contribution in [0, 0.1) is 40.4 Å². The van der Waals surface area contributed by atoms with Gasteiger partial charge in [-0.05, 0) is 98.2 Å². The summed E-state index contributed by atoms with van der Waals surface area (Å²) in [5, 5.41) is 10.1. The van der Waals surface area contributed by atoms with Gasteiger partial charge in [0.05, 0.1) is 6.10 Å². The standard InChI is InChI=1S/C21H36O/c1-4-14-6-8-18-17-7-5-15-13-16(22)9-11-21(15,3)19(17)10-12-20(14,18)2/h14-19,22H,4-13H2,1-3H3/t14?,15?,16?,17?,18?,19?,20?,21-/m0/s1. The van der Waals surface area contributed by atoms with Crippen LogP contribution in [0.4, 0.5) is 0 Å². The second kappa shape index (κ2) is 5.23. The van der Waals surface area contributed by atoms with E-state index in [4.69, 9.17) is 0 Å². The van der Waals surface area contributed by atoms with Crippen LogP contribution in [-0.2, 0) is 0 Å². The van der Waals surface area contributed by atoms with E-state index in [9.17, 15) is 5.11 Å². The summed E-state index contributed by atoms with van der Waals surface area (Å²) in [5.74, 6) is 4.79.